The normalized spacial score (nSPS) is 31.0. The molecule has 3 aliphatic rings. The molecule has 1 amide bonds. The van der Waals surface area contributed by atoms with Gasteiger partial charge < -0.3 is 19.7 Å². The first-order valence-electron chi connectivity index (χ1n) is 10.7. The molecule has 0 unspecified atom stereocenters. The molecular weight excluding hydrogens is 383 g/mol. The fourth-order valence-corrected chi connectivity index (χ4v) is 4.96. The van der Waals surface area contributed by atoms with Gasteiger partial charge in [-0.15, -0.1) is 0 Å². The summed E-state index contributed by atoms with van der Waals surface area (Å²) in [6.45, 7) is 3.80. The Kier molecular flexibility index (Phi) is 5.31. The molecule has 0 saturated carbocycles. The molecule has 5 rings (SSSR count). The van der Waals surface area contributed by atoms with Crippen LogP contribution in [0.5, 0.6) is 0 Å². The van der Waals surface area contributed by atoms with Crippen LogP contribution in [0.2, 0.25) is 0 Å². The average Bonchev–Trinajstić information content (AvgIpc) is 2.78. The van der Waals surface area contributed by atoms with Crippen LogP contribution in [-0.2, 0) is 20.7 Å². The van der Waals surface area contributed by atoms with Gasteiger partial charge in [0.25, 0.3) is 5.91 Å². The van der Waals surface area contributed by atoms with Gasteiger partial charge in [0.15, 0.2) is 0 Å². The standard InChI is InChI=1S/C24H27FN2O3/c1-15-13-29-22-14-30-21(12-20(22)26-15)24(28)27-11-10-16-4-2-3-5-19(16)23(27)17-6-8-18(25)9-7-17/h2-9,15,20-23,26H,10-14H2,1H3/t15-,20-,21+,22-,23-/m0/s1. The summed E-state index contributed by atoms with van der Waals surface area (Å²) in [5.74, 6) is -0.280. The van der Waals surface area contributed by atoms with Crippen molar-refractivity contribution in [3.8, 4) is 0 Å². The van der Waals surface area contributed by atoms with E-state index in [0.29, 0.717) is 26.2 Å². The quantitative estimate of drug-likeness (QED) is 0.827. The number of ether oxygens (including phenoxy) is 2. The van der Waals surface area contributed by atoms with Crippen molar-refractivity contribution >= 4 is 5.91 Å². The highest BCUT2D eigenvalue weighted by Gasteiger charge is 2.42. The van der Waals surface area contributed by atoms with E-state index in [2.05, 4.69) is 24.4 Å². The number of hydrogen-bond donors (Lipinski definition) is 1. The first-order chi connectivity index (χ1) is 14.6. The van der Waals surface area contributed by atoms with Crippen LogP contribution in [0.3, 0.4) is 0 Å². The lowest BCUT2D eigenvalue weighted by atomic mass is 9.87. The second-order valence-corrected chi connectivity index (χ2v) is 8.54. The van der Waals surface area contributed by atoms with E-state index in [1.165, 1.54) is 17.7 Å². The number of carbonyl (C=O) groups is 1. The van der Waals surface area contributed by atoms with Crippen molar-refractivity contribution in [2.45, 2.75) is 50.1 Å². The Bertz CT molecular complexity index is 919. The van der Waals surface area contributed by atoms with Crippen LogP contribution in [0.15, 0.2) is 48.5 Å². The van der Waals surface area contributed by atoms with E-state index < -0.39 is 6.10 Å². The Labute approximate surface area is 176 Å². The van der Waals surface area contributed by atoms with Gasteiger partial charge in [-0.2, -0.15) is 0 Å². The van der Waals surface area contributed by atoms with Crippen LogP contribution in [0.4, 0.5) is 4.39 Å². The van der Waals surface area contributed by atoms with Crippen LogP contribution < -0.4 is 5.32 Å². The molecule has 158 valence electrons. The maximum absolute atomic E-state index is 13.6. The minimum atomic E-state index is -0.499. The molecule has 0 spiro atoms. The zero-order valence-electron chi connectivity index (χ0n) is 17.1. The SMILES string of the molecule is C[C@H]1CO[C@H]2CO[C@@H](C(=O)N3CCc4ccccc4[C@@H]3c3ccc(F)cc3)C[C@@H]2N1. The van der Waals surface area contributed by atoms with Crippen molar-refractivity contribution in [3.05, 3.63) is 71.0 Å². The maximum Gasteiger partial charge on any atom is 0.252 e. The number of morpholine rings is 1. The van der Waals surface area contributed by atoms with E-state index in [4.69, 9.17) is 9.47 Å². The van der Waals surface area contributed by atoms with Crippen LogP contribution >= 0.6 is 0 Å². The third kappa shape index (κ3) is 3.64. The molecular formula is C24H27FN2O3. The largest absolute Gasteiger partial charge is 0.373 e. The summed E-state index contributed by atoms with van der Waals surface area (Å²) in [4.78, 5) is 15.5. The van der Waals surface area contributed by atoms with Crippen molar-refractivity contribution in [2.24, 2.45) is 0 Å². The lowest BCUT2D eigenvalue weighted by molar-refractivity contribution is -0.165. The van der Waals surface area contributed by atoms with Gasteiger partial charge in [0.1, 0.15) is 11.9 Å². The summed E-state index contributed by atoms with van der Waals surface area (Å²) in [5.41, 5.74) is 3.25. The van der Waals surface area contributed by atoms with Crippen molar-refractivity contribution in [2.75, 3.05) is 19.8 Å². The number of hydrogen-bond acceptors (Lipinski definition) is 4. The molecule has 0 bridgehead atoms. The summed E-state index contributed by atoms with van der Waals surface area (Å²) in [7, 11) is 0. The Morgan fingerprint density at radius 3 is 2.73 bits per heavy atom. The lowest BCUT2D eigenvalue weighted by Crippen LogP contribution is -2.60. The lowest BCUT2D eigenvalue weighted by Gasteiger charge is -2.44. The summed E-state index contributed by atoms with van der Waals surface area (Å²) in [5, 5.41) is 3.55. The Balaban J connectivity index is 1.43. The van der Waals surface area contributed by atoms with E-state index in [0.717, 1.165) is 17.5 Å². The van der Waals surface area contributed by atoms with Gasteiger partial charge in [-0.05, 0) is 42.2 Å². The van der Waals surface area contributed by atoms with E-state index in [9.17, 15) is 9.18 Å². The third-order valence-electron chi connectivity index (χ3n) is 6.47. The third-order valence-corrected chi connectivity index (χ3v) is 6.47. The second kappa shape index (κ2) is 8.10. The summed E-state index contributed by atoms with van der Waals surface area (Å²) in [6.07, 6.45) is 0.903. The zero-order chi connectivity index (χ0) is 20.7. The van der Waals surface area contributed by atoms with Crippen LogP contribution in [0.1, 0.15) is 36.1 Å². The number of rotatable bonds is 2. The van der Waals surface area contributed by atoms with Gasteiger partial charge in [0.05, 0.1) is 25.4 Å². The van der Waals surface area contributed by atoms with Gasteiger partial charge >= 0.3 is 0 Å². The monoisotopic (exact) mass is 410 g/mol. The van der Waals surface area contributed by atoms with E-state index >= 15 is 0 Å². The molecule has 3 heterocycles. The fraction of sp³-hybridized carbons (Fsp3) is 0.458. The Morgan fingerprint density at radius 1 is 1.10 bits per heavy atom. The number of amides is 1. The van der Waals surface area contributed by atoms with E-state index in [1.807, 2.05) is 17.0 Å². The Morgan fingerprint density at radius 2 is 1.90 bits per heavy atom. The predicted octanol–water partition coefficient (Wildman–Crippen LogP) is 2.83. The van der Waals surface area contributed by atoms with Crippen LogP contribution in [0, 0.1) is 5.82 Å². The van der Waals surface area contributed by atoms with Crippen molar-refractivity contribution in [1.82, 2.24) is 10.2 Å². The van der Waals surface area contributed by atoms with Crippen LogP contribution in [0.25, 0.3) is 0 Å². The number of fused-ring (bicyclic) bond motifs is 2. The highest BCUT2D eigenvalue weighted by Crippen LogP contribution is 2.36. The van der Waals surface area contributed by atoms with Gasteiger partial charge in [-0.1, -0.05) is 36.4 Å². The molecule has 1 N–H and O–H groups in total. The molecule has 2 aromatic rings. The first-order valence-corrected chi connectivity index (χ1v) is 10.7. The molecule has 6 heteroatoms. The average molecular weight is 410 g/mol. The molecule has 0 radical (unpaired) electrons. The minimum Gasteiger partial charge on any atom is -0.373 e. The summed E-state index contributed by atoms with van der Waals surface area (Å²) >= 11 is 0. The van der Waals surface area contributed by atoms with Crippen molar-refractivity contribution in [1.29, 1.82) is 0 Å². The fourth-order valence-electron chi connectivity index (χ4n) is 4.96. The number of halogens is 1. The number of nitrogens with one attached hydrogen (secondary N) is 1. The predicted molar refractivity (Wildman–Crippen MR) is 111 cm³/mol. The molecule has 2 aromatic carbocycles. The molecule has 5 atom stereocenters. The maximum atomic E-state index is 13.6. The topological polar surface area (TPSA) is 50.8 Å². The molecule has 5 nitrogen and oxygen atoms in total. The zero-order valence-corrected chi connectivity index (χ0v) is 17.1. The molecule has 2 saturated heterocycles. The molecule has 30 heavy (non-hydrogen) atoms. The van der Waals surface area contributed by atoms with Gasteiger partial charge in [0, 0.05) is 25.0 Å². The first kappa shape index (κ1) is 19.7. The minimum absolute atomic E-state index is 0.000210. The Hall–Kier alpha value is -2.28. The van der Waals surface area contributed by atoms with Crippen molar-refractivity contribution < 1.29 is 18.7 Å². The number of carbonyl (C=O) groups excluding carboxylic acids is 1. The summed E-state index contributed by atoms with van der Waals surface area (Å²) < 4.78 is 25.4. The number of nitrogens with zero attached hydrogens (tertiary/aromatic N) is 1. The van der Waals surface area contributed by atoms with E-state index in [-0.39, 0.29) is 36.0 Å². The molecule has 0 aliphatic carbocycles. The second-order valence-electron chi connectivity index (χ2n) is 8.54. The van der Waals surface area contributed by atoms with Gasteiger partial charge in [-0.3, -0.25) is 4.79 Å². The van der Waals surface area contributed by atoms with Crippen molar-refractivity contribution in [3.63, 3.8) is 0 Å². The highest BCUT2D eigenvalue weighted by molar-refractivity contribution is 5.82. The summed E-state index contributed by atoms with van der Waals surface area (Å²) in [6, 6.07) is 14.8. The van der Waals surface area contributed by atoms with E-state index in [1.54, 1.807) is 12.1 Å². The highest BCUT2D eigenvalue weighted by atomic mass is 19.1. The smallest absolute Gasteiger partial charge is 0.252 e. The van der Waals surface area contributed by atoms with Gasteiger partial charge in [0.2, 0.25) is 0 Å². The molecule has 2 fully saturated rings. The van der Waals surface area contributed by atoms with Crippen LogP contribution in [-0.4, -0.2) is 54.9 Å². The number of benzene rings is 2. The van der Waals surface area contributed by atoms with Gasteiger partial charge in [-0.25, -0.2) is 4.39 Å². The molecule has 3 aliphatic heterocycles. The molecule has 0 aromatic heterocycles.